The fourth-order valence-electron chi connectivity index (χ4n) is 3.14. The first-order chi connectivity index (χ1) is 15.5. The molecule has 1 aliphatic rings. The van der Waals surface area contributed by atoms with E-state index in [-0.39, 0.29) is 5.57 Å². The smallest absolute Gasteiger partial charge is 0.179 e. The summed E-state index contributed by atoms with van der Waals surface area (Å²) >= 11 is 10.9. The molecule has 0 unspecified atom stereocenters. The zero-order chi connectivity index (χ0) is 22.7. The summed E-state index contributed by atoms with van der Waals surface area (Å²) in [5.74, 6) is -0.307. The van der Waals surface area contributed by atoms with E-state index in [0.717, 1.165) is 15.1 Å². The third kappa shape index (κ3) is 4.59. The molecule has 1 aliphatic heterocycles. The number of benzene rings is 2. The van der Waals surface area contributed by atoms with Crippen LogP contribution in [0, 0.1) is 28.6 Å². The van der Waals surface area contributed by atoms with Gasteiger partial charge in [0.15, 0.2) is 5.09 Å². The molecule has 2 heterocycles. The Morgan fingerprint density at radius 2 is 1.91 bits per heavy atom. The van der Waals surface area contributed by atoms with Crippen molar-refractivity contribution in [3.63, 3.8) is 0 Å². The monoisotopic (exact) mass is 523 g/mol. The second-order valence-corrected chi connectivity index (χ2v) is 9.11. The zero-order valence-electron chi connectivity index (χ0n) is 16.4. The Balaban J connectivity index is 1.64. The highest BCUT2D eigenvalue weighted by atomic mass is 79.9. The van der Waals surface area contributed by atoms with Gasteiger partial charge in [0, 0.05) is 16.0 Å². The van der Waals surface area contributed by atoms with Gasteiger partial charge in [-0.2, -0.15) is 15.6 Å². The molecule has 0 radical (unpaired) electrons. The fraction of sp³-hybridized carbons (Fsp3) is 0.0870. The molecule has 6 nitrogen and oxygen atoms in total. The average molecular weight is 525 g/mol. The predicted molar refractivity (Wildman–Crippen MR) is 129 cm³/mol. The summed E-state index contributed by atoms with van der Waals surface area (Å²) in [5, 5.41) is 26.9. The third-order valence-corrected chi connectivity index (χ3v) is 6.78. The van der Waals surface area contributed by atoms with Crippen molar-refractivity contribution in [2.75, 3.05) is 5.01 Å². The Morgan fingerprint density at radius 1 is 1.19 bits per heavy atom. The molecule has 0 aliphatic carbocycles. The van der Waals surface area contributed by atoms with E-state index in [9.17, 15) is 10.5 Å². The van der Waals surface area contributed by atoms with E-state index in [1.165, 1.54) is 11.8 Å². The van der Waals surface area contributed by atoms with Crippen LogP contribution in [-0.4, -0.2) is 11.9 Å². The molecule has 3 aromatic rings. The van der Waals surface area contributed by atoms with E-state index in [0.29, 0.717) is 21.6 Å². The van der Waals surface area contributed by atoms with Gasteiger partial charge in [-0.15, -0.1) is 0 Å². The van der Waals surface area contributed by atoms with Gasteiger partial charge in [0.25, 0.3) is 0 Å². The Labute approximate surface area is 202 Å². The van der Waals surface area contributed by atoms with Crippen LogP contribution in [0.4, 0.5) is 5.69 Å². The minimum absolute atomic E-state index is 0.217. The number of hydrazone groups is 1. The number of allylic oxidation sites excluding steroid dienone is 1. The molecule has 2 N–H and O–H groups in total. The minimum atomic E-state index is -0.762. The van der Waals surface area contributed by atoms with Gasteiger partial charge in [0.2, 0.25) is 0 Å². The summed E-state index contributed by atoms with van der Waals surface area (Å²) < 4.78 is 6.66. The fourth-order valence-corrected chi connectivity index (χ4v) is 4.60. The molecule has 0 fully saturated rings. The number of hydrogen-bond donors (Lipinski definition) is 1. The van der Waals surface area contributed by atoms with Crippen LogP contribution in [0.25, 0.3) is 6.08 Å². The summed E-state index contributed by atoms with van der Waals surface area (Å²) in [5.41, 5.74) is 7.55. The van der Waals surface area contributed by atoms with Crippen LogP contribution in [0.5, 0.6) is 0 Å². The first-order valence-electron chi connectivity index (χ1n) is 9.43. The van der Waals surface area contributed by atoms with Gasteiger partial charge in [-0.1, -0.05) is 41.6 Å². The molecule has 0 spiro atoms. The molecule has 0 amide bonds. The summed E-state index contributed by atoms with van der Waals surface area (Å²) in [6, 6.07) is 22.8. The van der Waals surface area contributed by atoms with Gasteiger partial charge >= 0.3 is 0 Å². The molecule has 4 rings (SSSR count). The molecule has 0 saturated carbocycles. The van der Waals surface area contributed by atoms with Crippen molar-refractivity contribution in [1.29, 1.82) is 10.5 Å². The van der Waals surface area contributed by atoms with Crippen LogP contribution >= 0.6 is 39.3 Å². The molecule has 158 valence electrons. The molecule has 0 saturated heterocycles. The molecule has 0 bridgehead atoms. The van der Waals surface area contributed by atoms with E-state index < -0.39 is 12.1 Å². The molecule has 9 heteroatoms. The summed E-state index contributed by atoms with van der Waals surface area (Å²) in [6.07, 6.45) is 0.870. The minimum Gasteiger partial charge on any atom is -0.449 e. The number of nitrogens with zero attached hydrogens (tertiary/aromatic N) is 4. The number of hydrogen-bond acceptors (Lipinski definition) is 7. The maximum Gasteiger partial charge on any atom is 0.179 e. The zero-order valence-corrected chi connectivity index (χ0v) is 19.6. The number of halogens is 2. The lowest BCUT2D eigenvalue weighted by Crippen LogP contribution is -2.40. The SMILES string of the molecule is N#C/C(=C/c1cc(Br)c(Sc2ccc(Cl)cc2)o1)C1=NN(c2ccccc2)[C@H](N)[C@@H]1C#N. The Kier molecular flexibility index (Phi) is 6.69. The Bertz CT molecular complexity index is 1270. The van der Waals surface area contributed by atoms with Gasteiger partial charge in [0.05, 0.1) is 27.5 Å². The van der Waals surface area contributed by atoms with Crippen LogP contribution in [0.3, 0.4) is 0 Å². The first kappa shape index (κ1) is 22.2. The second kappa shape index (κ2) is 9.64. The topological polar surface area (TPSA) is 102 Å². The van der Waals surface area contributed by atoms with Gasteiger partial charge in [0.1, 0.15) is 23.9 Å². The largest absolute Gasteiger partial charge is 0.449 e. The molecular formula is C23H15BrClN5OS. The maximum atomic E-state index is 9.80. The van der Waals surface area contributed by atoms with E-state index in [1.807, 2.05) is 42.5 Å². The Hall–Kier alpha value is -3.01. The van der Waals surface area contributed by atoms with E-state index in [1.54, 1.807) is 29.3 Å². The van der Waals surface area contributed by atoms with Gasteiger partial charge in [-0.05, 0) is 58.4 Å². The van der Waals surface area contributed by atoms with Gasteiger partial charge in [-0.25, -0.2) is 5.01 Å². The van der Waals surface area contributed by atoms with Crippen molar-refractivity contribution in [1.82, 2.24) is 0 Å². The van der Waals surface area contributed by atoms with Crippen molar-refractivity contribution in [3.8, 4) is 12.1 Å². The average Bonchev–Trinajstić information content (AvgIpc) is 3.32. The lowest BCUT2D eigenvalue weighted by molar-refractivity contribution is 0.463. The number of furan rings is 1. The maximum absolute atomic E-state index is 9.80. The van der Waals surface area contributed by atoms with Crippen LogP contribution in [0.15, 0.2) is 90.2 Å². The quantitative estimate of drug-likeness (QED) is 0.407. The van der Waals surface area contributed by atoms with Crippen molar-refractivity contribution >= 4 is 56.8 Å². The van der Waals surface area contributed by atoms with Crippen molar-refractivity contribution in [2.45, 2.75) is 16.2 Å². The highest BCUT2D eigenvalue weighted by Crippen LogP contribution is 2.37. The first-order valence-corrected chi connectivity index (χ1v) is 11.4. The summed E-state index contributed by atoms with van der Waals surface area (Å²) in [6.45, 7) is 0. The Morgan fingerprint density at radius 3 is 2.56 bits per heavy atom. The third-order valence-electron chi connectivity index (χ3n) is 4.68. The van der Waals surface area contributed by atoms with E-state index in [4.69, 9.17) is 21.8 Å². The number of nitrogens with two attached hydrogens (primary N) is 1. The van der Waals surface area contributed by atoms with Crippen molar-refractivity contribution < 1.29 is 4.42 Å². The number of nitriles is 2. The van der Waals surface area contributed by atoms with Crippen LogP contribution in [0.1, 0.15) is 5.76 Å². The summed E-state index contributed by atoms with van der Waals surface area (Å²) in [7, 11) is 0. The van der Waals surface area contributed by atoms with E-state index in [2.05, 4.69) is 33.2 Å². The van der Waals surface area contributed by atoms with Crippen molar-refractivity contribution in [3.05, 3.63) is 81.5 Å². The highest BCUT2D eigenvalue weighted by Gasteiger charge is 2.37. The summed E-state index contributed by atoms with van der Waals surface area (Å²) in [4.78, 5) is 0.953. The molecular weight excluding hydrogens is 510 g/mol. The van der Waals surface area contributed by atoms with E-state index >= 15 is 0 Å². The predicted octanol–water partition coefficient (Wildman–Crippen LogP) is 6.05. The lowest BCUT2D eigenvalue weighted by atomic mass is 9.96. The standard InChI is InChI=1S/C23H15BrClN5OS/c24-20-11-17(31-23(20)32-18-8-6-15(25)7-9-18)10-14(12-26)21-19(13-27)22(28)30(29-21)16-4-2-1-3-5-16/h1-11,19,22H,28H2/b14-10-/t19-,22+/m1/s1. The molecule has 32 heavy (non-hydrogen) atoms. The van der Waals surface area contributed by atoms with Gasteiger partial charge < -0.3 is 10.2 Å². The van der Waals surface area contributed by atoms with Crippen molar-refractivity contribution in [2.24, 2.45) is 16.8 Å². The second-order valence-electron chi connectivity index (χ2n) is 6.77. The molecule has 2 aromatic carbocycles. The molecule has 1 aromatic heterocycles. The van der Waals surface area contributed by atoms with Crippen LogP contribution in [0.2, 0.25) is 5.02 Å². The normalized spacial score (nSPS) is 18.2. The lowest BCUT2D eigenvalue weighted by Gasteiger charge is -2.21. The van der Waals surface area contributed by atoms with Crippen LogP contribution < -0.4 is 10.7 Å². The molecule has 2 atom stereocenters. The van der Waals surface area contributed by atoms with Gasteiger partial charge in [-0.3, -0.25) is 0 Å². The highest BCUT2D eigenvalue weighted by molar-refractivity contribution is 9.10. The van der Waals surface area contributed by atoms with Crippen LogP contribution in [-0.2, 0) is 0 Å². The number of anilines is 1. The number of rotatable bonds is 5. The number of para-hydroxylation sites is 1.